The number of nitrogens with zero attached hydrogens (tertiary/aromatic N) is 4. The molecule has 2 saturated heterocycles. The molecule has 0 unspecified atom stereocenters. The first kappa shape index (κ1) is 29.2. The van der Waals surface area contributed by atoms with E-state index in [1.54, 1.807) is 0 Å². The molecule has 0 aromatic heterocycles. The van der Waals surface area contributed by atoms with Crippen molar-refractivity contribution in [3.05, 3.63) is 71.8 Å². The molecule has 38 heavy (non-hydrogen) atoms. The number of hydrogen-bond acceptors (Lipinski definition) is 6. The smallest absolute Gasteiger partial charge is 0.0236 e. The van der Waals surface area contributed by atoms with E-state index >= 15 is 0 Å². The second kappa shape index (κ2) is 15.7. The highest BCUT2D eigenvalue weighted by Crippen LogP contribution is 2.17. The van der Waals surface area contributed by atoms with Crippen LogP contribution >= 0.6 is 0 Å². The molecule has 2 aromatic carbocycles. The third-order valence-corrected chi connectivity index (χ3v) is 8.35. The zero-order valence-electron chi connectivity index (χ0n) is 24.2. The molecule has 2 aromatic rings. The maximum atomic E-state index is 4.04. The van der Waals surface area contributed by atoms with Gasteiger partial charge in [0.1, 0.15) is 0 Å². The van der Waals surface area contributed by atoms with Gasteiger partial charge in [-0.1, -0.05) is 60.7 Å². The molecule has 210 valence electrons. The molecule has 0 amide bonds. The molecule has 0 bridgehead atoms. The van der Waals surface area contributed by atoms with Gasteiger partial charge in [-0.15, -0.1) is 0 Å². The van der Waals surface area contributed by atoms with Crippen molar-refractivity contribution in [2.45, 2.75) is 43.8 Å². The predicted molar refractivity (Wildman–Crippen MR) is 161 cm³/mol. The summed E-state index contributed by atoms with van der Waals surface area (Å²) in [6, 6.07) is 23.6. The fraction of sp³-hybridized carbons (Fsp3) is 0.625. The van der Waals surface area contributed by atoms with E-state index in [2.05, 4.69) is 112 Å². The van der Waals surface area contributed by atoms with Crippen LogP contribution in [0.15, 0.2) is 60.7 Å². The van der Waals surface area contributed by atoms with E-state index in [9.17, 15) is 0 Å². The van der Waals surface area contributed by atoms with Gasteiger partial charge in [-0.05, 0) is 64.5 Å². The maximum absolute atomic E-state index is 4.04. The summed E-state index contributed by atoms with van der Waals surface area (Å²) in [5.41, 5.74) is 2.84. The Balaban J connectivity index is 1.37. The van der Waals surface area contributed by atoms with Gasteiger partial charge in [-0.25, -0.2) is 0 Å². The molecular weight excluding hydrogens is 468 g/mol. The van der Waals surface area contributed by atoms with Gasteiger partial charge in [-0.2, -0.15) is 0 Å². The predicted octanol–water partition coefficient (Wildman–Crippen LogP) is 2.66. The quantitative estimate of drug-likeness (QED) is 0.376. The van der Waals surface area contributed by atoms with Crippen molar-refractivity contribution in [1.82, 2.24) is 30.2 Å². The molecule has 0 radical (unpaired) electrons. The van der Waals surface area contributed by atoms with Crippen LogP contribution < -0.4 is 10.6 Å². The Morgan fingerprint density at radius 3 is 2.08 bits per heavy atom. The first-order valence-corrected chi connectivity index (χ1v) is 14.9. The summed E-state index contributed by atoms with van der Waals surface area (Å²) >= 11 is 0. The molecule has 4 rings (SSSR count). The summed E-state index contributed by atoms with van der Waals surface area (Å²) in [7, 11) is 6.60. The Bertz CT molecular complexity index is 883. The molecule has 0 aliphatic carbocycles. The molecule has 2 aliphatic heterocycles. The zero-order chi connectivity index (χ0) is 26.6. The van der Waals surface area contributed by atoms with Crippen molar-refractivity contribution in [3.63, 3.8) is 0 Å². The van der Waals surface area contributed by atoms with Gasteiger partial charge in [-0.3, -0.25) is 9.80 Å². The largest absolute Gasteiger partial charge is 0.311 e. The van der Waals surface area contributed by atoms with Gasteiger partial charge in [0.05, 0.1) is 0 Å². The van der Waals surface area contributed by atoms with Crippen molar-refractivity contribution in [1.29, 1.82) is 0 Å². The monoisotopic (exact) mass is 520 g/mol. The minimum absolute atomic E-state index is 0.416. The standard InChI is InChI=1S/C32H52N6/c1-35(2)17-22-38-16-10-15-32(38)26-34-30(23-28-11-6-4-7-12-28)25-33-31(24-29-13-8-5-9-14-29)27-37-20-18-36(3)19-21-37/h4-9,11-14,30-34H,10,15-27H2,1-3H3/t30-,31+,32-/m0/s1. The van der Waals surface area contributed by atoms with Gasteiger partial charge in [0, 0.05) is 77.0 Å². The fourth-order valence-corrected chi connectivity index (χ4v) is 5.92. The third kappa shape index (κ3) is 10.1. The molecule has 6 nitrogen and oxygen atoms in total. The van der Waals surface area contributed by atoms with Crippen LogP contribution in [0, 0.1) is 0 Å². The van der Waals surface area contributed by atoms with E-state index in [0.29, 0.717) is 18.1 Å². The van der Waals surface area contributed by atoms with E-state index in [4.69, 9.17) is 0 Å². The number of nitrogens with one attached hydrogen (secondary N) is 2. The number of rotatable bonds is 15. The Morgan fingerprint density at radius 2 is 1.45 bits per heavy atom. The van der Waals surface area contributed by atoms with Gasteiger partial charge in [0.2, 0.25) is 0 Å². The van der Waals surface area contributed by atoms with Crippen molar-refractivity contribution < 1.29 is 0 Å². The van der Waals surface area contributed by atoms with Gasteiger partial charge in [0.25, 0.3) is 0 Å². The lowest BCUT2D eigenvalue weighted by Crippen LogP contribution is -2.53. The Hall–Kier alpha value is -1.80. The maximum Gasteiger partial charge on any atom is 0.0236 e. The number of likely N-dealkylation sites (N-methyl/N-ethyl adjacent to an activating group) is 2. The van der Waals surface area contributed by atoms with Crippen LogP contribution in [0.5, 0.6) is 0 Å². The SMILES string of the molecule is CN(C)CCN1CCC[C@H]1CN[C@H](CN[C@H](Cc1ccccc1)CN1CCN(C)CC1)Cc1ccccc1. The fourth-order valence-electron chi connectivity index (χ4n) is 5.92. The van der Waals surface area contributed by atoms with Crippen LogP contribution in [0.3, 0.4) is 0 Å². The Morgan fingerprint density at radius 1 is 0.816 bits per heavy atom. The lowest BCUT2D eigenvalue weighted by atomic mass is 10.0. The third-order valence-electron chi connectivity index (χ3n) is 8.35. The normalized spacial score (nSPS) is 21.2. The van der Waals surface area contributed by atoms with E-state index in [-0.39, 0.29) is 0 Å². The highest BCUT2D eigenvalue weighted by molar-refractivity contribution is 5.17. The van der Waals surface area contributed by atoms with E-state index in [1.165, 1.54) is 63.2 Å². The molecule has 2 aliphatic rings. The van der Waals surface area contributed by atoms with Gasteiger partial charge >= 0.3 is 0 Å². The molecule has 2 N–H and O–H groups in total. The second-order valence-corrected chi connectivity index (χ2v) is 11.8. The Labute approximate surface area is 232 Å². The average molecular weight is 521 g/mol. The number of likely N-dealkylation sites (tertiary alicyclic amines) is 1. The topological polar surface area (TPSA) is 37.0 Å². The van der Waals surface area contributed by atoms with Crippen molar-refractivity contribution >= 4 is 0 Å². The van der Waals surface area contributed by atoms with Crippen molar-refractivity contribution in [3.8, 4) is 0 Å². The Kier molecular flexibility index (Phi) is 12.1. The lowest BCUT2D eigenvalue weighted by Gasteiger charge is -2.35. The molecule has 2 fully saturated rings. The molecular formula is C32H52N6. The molecule has 3 atom stereocenters. The van der Waals surface area contributed by atoms with Crippen LogP contribution in [0.2, 0.25) is 0 Å². The van der Waals surface area contributed by atoms with Gasteiger partial charge < -0.3 is 20.4 Å². The summed E-state index contributed by atoms with van der Waals surface area (Å²) in [5.74, 6) is 0. The number of benzene rings is 2. The lowest BCUT2D eigenvalue weighted by molar-refractivity contribution is 0.141. The van der Waals surface area contributed by atoms with E-state index in [0.717, 1.165) is 39.0 Å². The summed E-state index contributed by atoms with van der Waals surface area (Å²) in [5, 5.41) is 8.05. The highest BCUT2D eigenvalue weighted by Gasteiger charge is 2.25. The van der Waals surface area contributed by atoms with Crippen LogP contribution in [0.4, 0.5) is 0 Å². The average Bonchev–Trinajstić information content (AvgIpc) is 3.38. The first-order chi connectivity index (χ1) is 18.5. The van der Waals surface area contributed by atoms with E-state index < -0.39 is 0 Å². The van der Waals surface area contributed by atoms with Gasteiger partial charge in [0.15, 0.2) is 0 Å². The molecule has 6 heteroatoms. The molecule has 0 spiro atoms. The minimum atomic E-state index is 0.416. The van der Waals surface area contributed by atoms with Crippen LogP contribution in [-0.4, -0.2) is 124 Å². The minimum Gasteiger partial charge on any atom is -0.311 e. The summed E-state index contributed by atoms with van der Waals surface area (Å²) < 4.78 is 0. The molecule has 0 saturated carbocycles. The van der Waals surface area contributed by atoms with Crippen molar-refractivity contribution in [2.24, 2.45) is 0 Å². The van der Waals surface area contributed by atoms with E-state index in [1.807, 2.05) is 0 Å². The first-order valence-electron chi connectivity index (χ1n) is 14.9. The number of piperazine rings is 1. The van der Waals surface area contributed by atoms with Crippen LogP contribution in [0.25, 0.3) is 0 Å². The highest BCUT2D eigenvalue weighted by atomic mass is 15.3. The second-order valence-electron chi connectivity index (χ2n) is 11.8. The van der Waals surface area contributed by atoms with Crippen LogP contribution in [0.1, 0.15) is 24.0 Å². The summed E-state index contributed by atoms with van der Waals surface area (Å²) in [6.45, 7) is 11.4. The van der Waals surface area contributed by atoms with Crippen molar-refractivity contribution in [2.75, 3.05) is 86.6 Å². The van der Waals surface area contributed by atoms with Crippen LogP contribution in [-0.2, 0) is 12.8 Å². The summed E-state index contributed by atoms with van der Waals surface area (Å²) in [6.07, 6.45) is 4.77. The number of hydrogen-bond donors (Lipinski definition) is 2. The summed E-state index contributed by atoms with van der Waals surface area (Å²) in [4.78, 5) is 10.1. The zero-order valence-corrected chi connectivity index (χ0v) is 24.2. The molecule has 2 heterocycles.